The molecule has 2 rings (SSSR count). The van der Waals surface area contributed by atoms with Gasteiger partial charge < -0.3 is 4.57 Å². The molecule has 0 saturated carbocycles. The van der Waals surface area contributed by atoms with Crippen LogP contribution < -0.4 is 0 Å². The monoisotopic (exact) mass is 299 g/mol. The zero-order chi connectivity index (χ0) is 14.2. The van der Waals surface area contributed by atoms with Crippen LogP contribution in [0.15, 0.2) is 12.3 Å². The predicted octanol–water partition coefficient (Wildman–Crippen LogP) is 4.47. The van der Waals surface area contributed by atoms with Crippen LogP contribution in [0.1, 0.15) is 39.6 Å². The summed E-state index contributed by atoms with van der Waals surface area (Å²) in [5.41, 5.74) is 1.84. The van der Waals surface area contributed by atoms with Crippen molar-refractivity contribution < 1.29 is 0 Å². The van der Waals surface area contributed by atoms with E-state index in [0.29, 0.717) is 10.9 Å². The van der Waals surface area contributed by atoms with Crippen LogP contribution in [0, 0.1) is 5.41 Å². The molecule has 104 valence electrons. The maximum absolute atomic E-state index is 5.99. The Kier molecular flexibility index (Phi) is 4.07. The molecule has 0 radical (unpaired) electrons. The highest BCUT2D eigenvalue weighted by atomic mass is 35.5. The standard InChI is InChI=1S/C14H19Cl2N3/c1-9(14(2,3)4)19-12(5-6-15)18-11-7-10(16)8-17-13(11)19/h7-9H,5-6H2,1-4H3. The van der Waals surface area contributed by atoms with Crippen molar-refractivity contribution in [3.63, 3.8) is 0 Å². The van der Waals surface area contributed by atoms with Crippen LogP contribution in [-0.2, 0) is 6.42 Å². The van der Waals surface area contributed by atoms with Crippen LogP contribution in [0.3, 0.4) is 0 Å². The second kappa shape index (κ2) is 5.29. The van der Waals surface area contributed by atoms with Gasteiger partial charge in [0.25, 0.3) is 0 Å². The summed E-state index contributed by atoms with van der Waals surface area (Å²) < 4.78 is 2.19. The molecule has 0 aromatic carbocycles. The van der Waals surface area contributed by atoms with Crippen LogP contribution in [-0.4, -0.2) is 20.4 Å². The molecule has 0 aliphatic heterocycles. The summed E-state index contributed by atoms with van der Waals surface area (Å²) in [5, 5.41) is 0.609. The molecule has 0 aliphatic rings. The third-order valence-electron chi connectivity index (χ3n) is 3.53. The Bertz CT molecular complexity index is 584. The number of halogens is 2. The lowest BCUT2D eigenvalue weighted by atomic mass is 9.87. The Balaban J connectivity index is 2.64. The van der Waals surface area contributed by atoms with E-state index in [9.17, 15) is 0 Å². The Labute approximate surface area is 123 Å². The van der Waals surface area contributed by atoms with Crippen molar-refractivity contribution in [2.75, 3.05) is 5.88 Å². The maximum atomic E-state index is 5.99. The number of alkyl halides is 1. The molecule has 0 spiro atoms. The maximum Gasteiger partial charge on any atom is 0.160 e. The molecule has 1 unspecified atom stereocenters. The number of hydrogen-bond donors (Lipinski definition) is 0. The van der Waals surface area contributed by atoms with E-state index >= 15 is 0 Å². The summed E-state index contributed by atoms with van der Waals surface area (Å²) in [4.78, 5) is 9.07. The smallest absolute Gasteiger partial charge is 0.160 e. The van der Waals surface area contributed by atoms with Gasteiger partial charge in [0.15, 0.2) is 5.65 Å². The first kappa shape index (κ1) is 14.6. The largest absolute Gasteiger partial charge is 0.309 e. The zero-order valence-electron chi connectivity index (χ0n) is 11.7. The lowest BCUT2D eigenvalue weighted by molar-refractivity contribution is 0.262. The van der Waals surface area contributed by atoms with E-state index in [1.54, 1.807) is 6.20 Å². The number of imidazole rings is 1. The molecule has 5 heteroatoms. The molecule has 3 nitrogen and oxygen atoms in total. The quantitative estimate of drug-likeness (QED) is 0.783. The lowest BCUT2D eigenvalue weighted by Crippen LogP contribution is -2.23. The van der Waals surface area contributed by atoms with E-state index in [1.165, 1.54) is 0 Å². The van der Waals surface area contributed by atoms with E-state index in [-0.39, 0.29) is 11.5 Å². The summed E-state index contributed by atoms with van der Waals surface area (Å²) >= 11 is 11.9. The van der Waals surface area contributed by atoms with E-state index in [1.807, 2.05) is 6.07 Å². The van der Waals surface area contributed by atoms with Crippen molar-refractivity contribution in [2.45, 2.75) is 40.2 Å². The van der Waals surface area contributed by atoms with Crippen LogP contribution in [0.2, 0.25) is 5.02 Å². The average Bonchev–Trinajstić information content (AvgIpc) is 2.64. The number of aryl methyl sites for hydroxylation is 1. The number of hydrogen-bond acceptors (Lipinski definition) is 2. The first-order valence-electron chi connectivity index (χ1n) is 6.43. The number of fused-ring (bicyclic) bond motifs is 1. The second-order valence-electron chi connectivity index (χ2n) is 5.88. The van der Waals surface area contributed by atoms with Gasteiger partial charge in [0.1, 0.15) is 11.3 Å². The van der Waals surface area contributed by atoms with Gasteiger partial charge in [-0.3, -0.25) is 0 Å². The van der Waals surface area contributed by atoms with Crippen molar-refractivity contribution in [1.29, 1.82) is 0 Å². The molecule has 2 aromatic heterocycles. The molecular weight excluding hydrogens is 281 g/mol. The van der Waals surface area contributed by atoms with E-state index in [0.717, 1.165) is 23.4 Å². The van der Waals surface area contributed by atoms with Crippen molar-refractivity contribution in [1.82, 2.24) is 14.5 Å². The number of rotatable bonds is 3. The first-order valence-corrected chi connectivity index (χ1v) is 7.34. The highest BCUT2D eigenvalue weighted by Crippen LogP contribution is 2.34. The fraction of sp³-hybridized carbons (Fsp3) is 0.571. The SMILES string of the molecule is CC(n1c(CCCl)nc2cc(Cl)cnc21)C(C)(C)C. The van der Waals surface area contributed by atoms with Crippen LogP contribution in [0.5, 0.6) is 0 Å². The van der Waals surface area contributed by atoms with Gasteiger partial charge in [0.05, 0.1) is 5.02 Å². The number of nitrogens with zero attached hydrogens (tertiary/aromatic N) is 3. The van der Waals surface area contributed by atoms with Crippen LogP contribution in [0.25, 0.3) is 11.2 Å². The van der Waals surface area contributed by atoms with E-state index in [4.69, 9.17) is 23.2 Å². The minimum Gasteiger partial charge on any atom is -0.309 e. The summed E-state index contributed by atoms with van der Waals surface area (Å²) in [6.45, 7) is 8.83. The Hall–Kier alpha value is -0.800. The van der Waals surface area contributed by atoms with Crippen molar-refractivity contribution in [3.8, 4) is 0 Å². The van der Waals surface area contributed by atoms with Crippen LogP contribution in [0.4, 0.5) is 0 Å². The summed E-state index contributed by atoms with van der Waals surface area (Å²) in [6.07, 6.45) is 2.40. The minimum atomic E-state index is 0.121. The molecule has 0 N–H and O–H groups in total. The Morgan fingerprint density at radius 3 is 2.63 bits per heavy atom. The van der Waals surface area contributed by atoms with Crippen molar-refractivity contribution in [2.24, 2.45) is 5.41 Å². The van der Waals surface area contributed by atoms with Gasteiger partial charge in [-0.1, -0.05) is 32.4 Å². The molecule has 2 aromatic rings. The van der Waals surface area contributed by atoms with Crippen molar-refractivity contribution >= 4 is 34.4 Å². The molecule has 19 heavy (non-hydrogen) atoms. The summed E-state index contributed by atoms with van der Waals surface area (Å²) in [6, 6.07) is 2.14. The minimum absolute atomic E-state index is 0.121. The molecular formula is C14H19Cl2N3. The van der Waals surface area contributed by atoms with Gasteiger partial charge in [0.2, 0.25) is 0 Å². The highest BCUT2D eigenvalue weighted by molar-refractivity contribution is 6.31. The van der Waals surface area contributed by atoms with Crippen LogP contribution >= 0.6 is 23.2 Å². The second-order valence-corrected chi connectivity index (χ2v) is 6.69. The van der Waals surface area contributed by atoms with Gasteiger partial charge in [-0.2, -0.15) is 0 Å². The molecule has 0 bridgehead atoms. The topological polar surface area (TPSA) is 30.7 Å². The third-order valence-corrected chi connectivity index (χ3v) is 3.92. The molecule has 1 atom stereocenters. The van der Waals surface area contributed by atoms with Gasteiger partial charge in [-0.15, -0.1) is 11.6 Å². The van der Waals surface area contributed by atoms with Gasteiger partial charge >= 0.3 is 0 Å². The predicted molar refractivity (Wildman–Crippen MR) is 81.1 cm³/mol. The summed E-state index contributed by atoms with van der Waals surface area (Å²) in [5.74, 6) is 1.52. The van der Waals surface area contributed by atoms with Crippen molar-refractivity contribution in [3.05, 3.63) is 23.1 Å². The molecule has 0 amide bonds. The number of aromatic nitrogens is 3. The highest BCUT2D eigenvalue weighted by Gasteiger charge is 2.26. The first-order chi connectivity index (χ1) is 8.84. The van der Waals surface area contributed by atoms with E-state index < -0.39 is 0 Å². The van der Waals surface area contributed by atoms with Gasteiger partial charge in [-0.05, 0) is 18.4 Å². The third kappa shape index (κ3) is 2.87. The normalized spacial score (nSPS) is 14.0. The molecule has 0 fully saturated rings. The van der Waals surface area contributed by atoms with Gasteiger partial charge in [-0.25, -0.2) is 9.97 Å². The van der Waals surface area contributed by atoms with E-state index in [2.05, 4.69) is 42.2 Å². The fourth-order valence-electron chi connectivity index (χ4n) is 2.06. The summed E-state index contributed by atoms with van der Waals surface area (Å²) in [7, 11) is 0. The molecule has 2 heterocycles. The fourth-order valence-corrected chi connectivity index (χ4v) is 2.38. The molecule has 0 aliphatic carbocycles. The Morgan fingerprint density at radius 2 is 2.05 bits per heavy atom. The lowest BCUT2D eigenvalue weighted by Gasteiger charge is -2.30. The molecule has 0 saturated heterocycles. The zero-order valence-corrected chi connectivity index (χ0v) is 13.3. The average molecular weight is 300 g/mol. The Morgan fingerprint density at radius 1 is 1.37 bits per heavy atom. The number of pyridine rings is 1. The van der Waals surface area contributed by atoms with Gasteiger partial charge in [0, 0.05) is 24.5 Å².